The monoisotopic (exact) mass is 419 g/mol. The Morgan fingerprint density at radius 2 is 1.77 bits per heavy atom. The van der Waals surface area contributed by atoms with Gasteiger partial charge >= 0.3 is 0 Å². The molecule has 0 bridgehead atoms. The van der Waals surface area contributed by atoms with Crippen molar-refractivity contribution in [3.63, 3.8) is 0 Å². The summed E-state index contributed by atoms with van der Waals surface area (Å²) in [4.78, 5) is 4.22. The molecule has 2 N–H and O–H groups in total. The van der Waals surface area contributed by atoms with Gasteiger partial charge in [-0.15, -0.1) is 24.0 Å². The van der Waals surface area contributed by atoms with Crippen molar-refractivity contribution in [3.8, 4) is 0 Å². The first-order valence-corrected chi connectivity index (χ1v) is 7.79. The summed E-state index contributed by atoms with van der Waals surface area (Å²) in [5.74, 6) is 0.857. The summed E-state index contributed by atoms with van der Waals surface area (Å²) in [6.45, 7) is 8.69. The van der Waals surface area contributed by atoms with Crippen LogP contribution in [0, 0.1) is 0 Å². The highest BCUT2D eigenvalue weighted by molar-refractivity contribution is 14.0. The van der Waals surface area contributed by atoms with Gasteiger partial charge in [0.2, 0.25) is 0 Å². The number of nitrogens with zero attached hydrogens (tertiary/aromatic N) is 1. The van der Waals surface area contributed by atoms with Gasteiger partial charge in [-0.05, 0) is 31.4 Å². The average molecular weight is 419 g/mol. The third-order valence-electron chi connectivity index (χ3n) is 3.11. The van der Waals surface area contributed by atoms with E-state index in [1.807, 2.05) is 0 Å². The topological polar surface area (TPSA) is 45.7 Å². The van der Waals surface area contributed by atoms with Crippen LogP contribution in [0.4, 0.5) is 0 Å². The molecule has 126 valence electrons. The molecule has 0 radical (unpaired) electrons. The first kappa shape index (κ1) is 21.2. The van der Waals surface area contributed by atoms with Crippen LogP contribution in [-0.2, 0) is 17.9 Å². The Morgan fingerprint density at radius 1 is 1.14 bits per heavy atom. The minimum atomic E-state index is 0. The minimum absolute atomic E-state index is 0. The summed E-state index contributed by atoms with van der Waals surface area (Å²) < 4.78 is 5.59. The summed E-state index contributed by atoms with van der Waals surface area (Å²) in [5, 5.41) is 6.63. The third kappa shape index (κ3) is 9.25. The first-order valence-electron chi connectivity index (χ1n) is 7.79. The van der Waals surface area contributed by atoms with Crippen LogP contribution in [0.15, 0.2) is 29.3 Å². The molecule has 0 aliphatic carbocycles. The van der Waals surface area contributed by atoms with Crippen molar-refractivity contribution in [2.75, 3.05) is 13.6 Å². The van der Waals surface area contributed by atoms with Crippen LogP contribution in [0.5, 0.6) is 0 Å². The van der Waals surface area contributed by atoms with Gasteiger partial charge in [0.05, 0.1) is 12.7 Å². The van der Waals surface area contributed by atoms with E-state index in [1.165, 1.54) is 17.5 Å². The summed E-state index contributed by atoms with van der Waals surface area (Å²) in [7, 11) is 1.80. The molecule has 22 heavy (non-hydrogen) atoms. The Kier molecular flexibility index (Phi) is 12.2. The SMILES string of the molecule is CCCCNC(=NC)NCc1ccc(COC(C)C)cc1.I. The molecule has 0 spiro atoms. The van der Waals surface area contributed by atoms with Gasteiger partial charge in [0.1, 0.15) is 0 Å². The second-order valence-corrected chi connectivity index (χ2v) is 5.38. The lowest BCUT2D eigenvalue weighted by Gasteiger charge is -2.12. The third-order valence-corrected chi connectivity index (χ3v) is 3.11. The van der Waals surface area contributed by atoms with Crippen molar-refractivity contribution >= 4 is 29.9 Å². The second-order valence-electron chi connectivity index (χ2n) is 5.38. The number of guanidine groups is 1. The van der Waals surface area contributed by atoms with Gasteiger partial charge in [-0.2, -0.15) is 0 Å². The lowest BCUT2D eigenvalue weighted by atomic mass is 10.1. The fraction of sp³-hybridized carbons (Fsp3) is 0.588. The Labute approximate surface area is 152 Å². The molecule has 0 saturated carbocycles. The highest BCUT2D eigenvalue weighted by Crippen LogP contribution is 2.07. The summed E-state index contributed by atoms with van der Waals surface area (Å²) in [6, 6.07) is 8.50. The second kappa shape index (κ2) is 12.7. The molecule has 0 atom stereocenters. The summed E-state index contributed by atoms with van der Waals surface area (Å²) >= 11 is 0. The maximum atomic E-state index is 5.59. The Balaban J connectivity index is 0.00000441. The summed E-state index contributed by atoms with van der Waals surface area (Å²) in [6.07, 6.45) is 2.61. The van der Waals surface area contributed by atoms with Crippen LogP contribution in [0.2, 0.25) is 0 Å². The molecular formula is C17H30IN3O. The molecular weight excluding hydrogens is 389 g/mol. The van der Waals surface area contributed by atoms with Gasteiger partial charge in [0.15, 0.2) is 5.96 Å². The van der Waals surface area contributed by atoms with E-state index in [9.17, 15) is 0 Å². The Morgan fingerprint density at radius 3 is 2.32 bits per heavy atom. The average Bonchev–Trinajstić information content (AvgIpc) is 2.49. The largest absolute Gasteiger partial charge is 0.374 e. The van der Waals surface area contributed by atoms with E-state index >= 15 is 0 Å². The number of halogens is 1. The maximum absolute atomic E-state index is 5.59. The Bertz CT molecular complexity index is 418. The number of ether oxygens (including phenoxy) is 1. The molecule has 0 heterocycles. The molecule has 1 aromatic rings. The highest BCUT2D eigenvalue weighted by Gasteiger charge is 1.99. The van der Waals surface area contributed by atoms with Gasteiger partial charge in [-0.25, -0.2) is 0 Å². The standard InChI is InChI=1S/C17H29N3O.HI/c1-5-6-11-19-17(18-4)20-12-15-7-9-16(10-8-15)13-21-14(2)3;/h7-10,14H,5-6,11-13H2,1-4H3,(H2,18,19,20);1H. The normalized spacial score (nSPS) is 11.2. The zero-order valence-corrected chi connectivity index (χ0v) is 16.5. The molecule has 0 amide bonds. The van der Waals surface area contributed by atoms with Gasteiger partial charge in [-0.1, -0.05) is 37.6 Å². The van der Waals surface area contributed by atoms with Crippen molar-refractivity contribution in [3.05, 3.63) is 35.4 Å². The number of unbranched alkanes of at least 4 members (excludes halogenated alkanes) is 1. The van der Waals surface area contributed by atoms with Crippen LogP contribution >= 0.6 is 24.0 Å². The quantitative estimate of drug-likeness (QED) is 0.292. The molecule has 1 rings (SSSR count). The van der Waals surface area contributed by atoms with Crippen LogP contribution in [0.3, 0.4) is 0 Å². The number of benzene rings is 1. The van der Waals surface area contributed by atoms with E-state index < -0.39 is 0 Å². The molecule has 1 aromatic carbocycles. The molecule has 0 aromatic heterocycles. The number of aliphatic imine (C=N–C) groups is 1. The lowest BCUT2D eigenvalue weighted by molar-refractivity contribution is 0.0657. The number of nitrogens with one attached hydrogen (secondary N) is 2. The number of hydrogen-bond acceptors (Lipinski definition) is 2. The van der Waals surface area contributed by atoms with Crippen molar-refractivity contribution < 1.29 is 4.74 Å². The van der Waals surface area contributed by atoms with Crippen LogP contribution in [0.25, 0.3) is 0 Å². The zero-order chi connectivity index (χ0) is 15.5. The van der Waals surface area contributed by atoms with E-state index in [1.54, 1.807) is 7.05 Å². The van der Waals surface area contributed by atoms with E-state index in [-0.39, 0.29) is 30.1 Å². The lowest BCUT2D eigenvalue weighted by Crippen LogP contribution is -2.37. The van der Waals surface area contributed by atoms with Crippen molar-refractivity contribution in [1.82, 2.24) is 10.6 Å². The van der Waals surface area contributed by atoms with E-state index in [0.29, 0.717) is 6.61 Å². The van der Waals surface area contributed by atoms with Gasteiger partial charge in [0, 0.05) is 20.1 Å². The van der Waals surface area contributed by atoms with Crippen molar-refractivity contribution in [2.45, 2.75) is 52.9 Å². The van der Waals surface area contributed by atoms with Crippen LogP contribution in [-0.4, -0.2) is 25.7 Å². The highest BCUT2D eigenvalue weighted by atomic mass is 127. The van der Waals surface area contributed by atoms with Crippen molar-refractivity contribution in [1.29, 1.82) is 0 Å². The molecule has 0 fully saturated rings. The predicted molar refractivity (Wildman–Crippen MR) is 105 cm³/mol. The van der Waals surface area contributed by atoms with E-state index in [0.717, 1.165) is 25.5 Å². The number of hydrogen-bond donors (Lipinski definition) is 2. The molecule has 0 aliphatic rings. The number of rotatable bonds is 8. The molecule has 0 aliphatic heterocycles. The smallest absolute Gasteiger partial charge is 0.191 e. The predicted octanol–water partition coefficient (Wildman–Crippen LogP) is 3.69. The fourth-order valence-corrected chi connectivity index (χ4v) is 1.81. The van der Waals surface area contributed by atoms with Crippen LogP contribution in [0.1, 0.15) is 44.7 Å². The molecule has 4 nitrogen and oxygen atoms in total. The van der Waals surface area contributed by atoms with E-state index in [2.05, 4.69) is 60.7 Å². The van der Waals surface area contributed by atoms with Crippen molar-refractivity contribution in [2.24, 2.45) is 4.99 Å². The molecule has 5 heteroatoms. The van der Waals surface area contributed by atoms with Gasteiger partial charge < -0.3 is 15.4 Å². The molecule has 0 unspecified atom stereocenters. The van der Waals surface area contributed by atoms with E-state index in [4.69, 9.17) is 4.74 Å². The zero-order valence-electron chi connectivity index (χ0n) is 14.2. The minimum Gasteiger partial charge on any atom is -0.374 e. The van der Waals surface area contributed by atoms with Crippen LogP contribution < -0.4 is 10.6 Å². The molecule has 0 saturated heterocycles. The first-order chi connectivity index (χ1) is 10.2. The van der Waals surface area contributed by atoms with Gasteiger partial charge in [-0.3, -0.25) is 4.99 Å². The maximum Gasteiger partial charge on any atom is 0.191 e. The van der Waals surface area contributed by atoms with Gasteiger partial charge in [0.25, 0.3) is 0 Å². The fourth-order valence-electron chi connectivity index (χ4n) is 1.81. The Hall–Kier alpha value is -0.820. The summed E-state index contributed by atoms with van der Waals surface area (Å²) in [5.41, 5.74) is 2.44.